The highest BCUT2D eigenvalue weighted by molar-refractivity contribution is 5.65. The molecule has 0 amide bonds. The van der Waals surface area contributed by atoms with E-state index in [0.717, 1.165) is 43.6 Å². The first-order chi connectivity index (χ1) is 15.5. The number of anilines is 3. The summed E-state index contributed by atoms with van der Waals surface area (Å²) in [5.41, 5.74) is 3.50. The third-order valence-corrected chi connectivity index (χ3v) is 6.63. The Kier molecular flexibility index (Phi) is 4.62. The van der Waals surface area contributed by atoms with Crippen LogP contribution in [0, 0.1) is 18.6 Å². The number of hydrogen-bond donors (Lipinski definition) is 1. The third-order valence-electron chi connectivity index (χ3n) is 6.63. The maximum atomic E-state index is 13.5. The van der Waals surface area contributed by atoms with Crippen molar-refractivity contribution in [2.45, 2.75) is 31.5 Å². The molecule has 1 N–H and O–H groups in total. The number of piperazine rings is 1. The quantitative estimate of drug-likeness (QED) is 0.650. The summed E-state index contributed by atoms with van der Waals surface area (Å²) in [5.74, 6) is -0.946. The van der Waals surface area contributed by atoms with Gasteiger partial charge in [-0.2, -0.15) is 4.98 Å². The van der Waals surface area contributed by atoms with Gasteiger partial charge in [0, 0.05) is 45.5 Å². The monoisotopic (exact) mass is 442 g/mol. The molecular weight excluding hydrogens is 414 g/mol. The van der Waals surface area contributed by atoms with Gasteiger partial charge >= 0.3 is 0 Å². The number of fused-ring (bicyclic) bond motifs is 2. The minimum atomic E-state index is -0.656. The van der Waals surface area contributed by atoms with E-state index in [1.165, 1.54) is 35.3 Å². The lowest BCUT2D eigenvalue weighted by atomic mass is 10.1. The van der Waals surface area contributed by atoms with Gasteiger partial charge < -0.3 is 15.0 Å². The van der Waals surface area contributed by atoms with E-state index in [9.17, 15) is 8.78 Å². The molecule has 3 saturated heterocycles. The molecule has 1 unspecified atom stereocenters. The van der Waals surface area contributed by atoms with Crippen molar-refractivity contribution in [3.8, 4) is 5.69 Å². The molecule has 32 heavy (non-hydrogen) atoms. The fourth-order valence-electron chi connectivity index (χ4n) is 5.12. The molecule has 2 aromatic carbocycles. The van der Waals surface area contributed by atoms with Gasteiger partial charge in [0.15, 0.2) is 0 Å². The van der Waals surface area contributed by atoms with Crippen molar-refractivity contribution in [3.05, 3.63) is 59.9 Å². The molecule has 6 rings (SSSR count). The Morgan fingerprint density at radius 3 is 2.47 bits per heavy atom. The number of aryl methyl sites for hydroxylation is 1. The van der Waals surface area contributed by atoms with Gasteiger partial charge in [-0.05, 0) is 49.2 Å². The molecule has 0 saturated carbocycles. The average Bonchev–Trinajstić information content (AvgIpc) is 3.41. The molecule has 2 atom stereocenters. The summed E-state index contributed by atoms with van der Waals surface area (Å²) in [4.78, 5) is 9.37. The van der Waals surface area contributed by atoms with Crippen molar-refractivity contribution in [2.24, 2.45) is 0 Å². The van der Waals surface area contributed by atoms with Gasteiger partial charge in [0.25, 0.3) is 0 Å². The maximum absolute atomic E-state index is 13.5. The zero-order valence-corrected chi connectivity index (χ0v) is 17.7. The number of benzene rings is 2. The van der Waals surface area contributed by atoms with E-state index < -0.39 is 11.6 Å². The van der Waals surface area contributed by atoms with Gasteiger partial charge in [0.2, 0.25) is 5.95 Å². The summed E-state index contributed by atoms with van der Waals surface area (Å²) in [5, 5.41) is 7.56. The highest BCUT2D eigenvalue weighted by Crippen LogP contribution is 2.38. The lowest BCUT2D eigenvalue weighted by molar-refractivity contribution is -0.0708. The highest BCUT2D eigenvalue weighted by Gasteiger charge is 2.47. The second-order valence-electron chi connectivity index (χ2n) is 8.91. The van der Waals surface area contributed by atoms with Crippen LogP contribution in [0.4, 0.5) is 26.1 Å². The van der Waals surface area contributed by atoms with E-state index in [-0.39, 0.29) is 8.54 Å². The summed E-state index contributed by atoms with van der Waals surface area (Å²) in [6, 6.07) is 11.3. The van der Waals surface area contributed by atoms with Crippen LogP contribution in [0.3, 0.4) is 0 Å². The Morgan fingerprint density at radius 1 is 0.969 bits per heavy atom. The van der Waals surface area contributed by atoms with Crippen LogP contribution in [0.5, 0.6) is 0 Å². The molecule has 2 bridgehead atoms. The summed E-state index contributed by atoms with van der Waals surface area (Å²) < 4.78 is 33.8. The van der Waals surface area contributed by atoms with Crippen LogP contribution < -0.4 is 10.2 Å². The second kappa shape index (κ2) is 7.53. The van der Waals surface area contributed by atoms with Crippen LogP contribution in [-0.2, 0) is 4.74 Å². The molecule has 0 aliphatic carbocycles. The molecule has 9 heteroatoms. The van der Waals surface area contributed by atoms with Crippen LogP contribution in [0.25, 0.3) is 5.69 Å². The minimum absolute atomic E-state index is 0. The maximum Gasteiger partial charge on any atom is 0.246 e. The standard InChI is InChI=1S/C23H24F2N6O.2H2/c1-14-2-17(27-23-26-13-31(28-23)19-5-15(24)4-16(25)6-19)7-18(3-14)29-9-21-8-20(29)10-30(21)22-11-32-12-22;;/h2-7,13,20-22H,8-12H2,1H3,(H,27,28);2*1H/t20?,21-;;/m0../s1. The molecule has 170 valence electrons. The second-order valence-corrected chi connectivity index (χ2v) is 8.91. The molecule has 1 aromatic heterocycles. The van der Waals surface area contributed by atoms with Crippen LogP contribution >= 0.6 is 0 Å². The van der Waals surface area contributed by atoms with E-state index in [1.54, 1.807) is 0 Å². The minimum Gasteiger partial charge on any atom is -0.378 e. The van der Waals surface area contributed by atoms with Crippen LogP contribution in [0.2, 0.25) is 0 Å². The van der Waals surface area contributed by atoms with Crippen LogP contribution in [0.1, 0.15) is 14.8 Å². The molecule has 7 nitrogen and oxygen atoms in total. The Hall–Kier alpha value is -3.04. The number of hydrogen-bond acceptors (Lipinski definition) is 6. The summed E-state index contributed by atoms with van der Waals surface area (Å²) >= 11 is 0. The topological polar surface area (TPSA) is 58.5 Å². The first kappa shape index (κ1) is 19.6. The lowest BCUT2D eigenvalue weighted by Gasteiger charge is -2.43. The molecule has 0 spiro atoms. The predicted molar refractivity (Wildman–Crippen MR) is 121 cm³/mol. The zero-order valence-electron chi connectivity index (χ0n) is 17.7. The van der Waals surface area contributed by atoms with E-state index in [4.69, 9.17) is 4.74 Å². The van der Waals surface area contributed by atoms with Crippen LogP contribution in [0.15, 0.2) is 42.7 Å². The molecule has 3 aliphatic heterocycles. The van der Waals surface area contributed by atoms with Crippen molar-refractivity contribution in [2.75, 3.05) is 36.5 Å². The normalized spacial score (nSPS) is 23.0. The number of halogens is 2. The van der Waals surface area contributed by atoms with Gasteiger partial charge in [-0.25, -0.2) is 13.5 Å². The first-order valence-corrected chi connectivity index (χ1v) is 10.9. The molecule has 3 aromatic rings. The molecule has 3 fully saturated rings. The van der Waals surface area contributed by atoms with Gasteiger partial charge in [-0.3, -0.25) is 4.90 Å². The summed E-state index contributed by atoms with van der Waals surface area (Å²) in [6.45, 7) is 5.92. The highest BCUT2D eigenvalue weighted by atomic mass is 19.1. The van der Waals surface area contributed by atoms with Crippen molar-refractivity contribution in [1.29, 1.82) is 0 Å². The molecular formula is C23H28F2N6O. The van der Waals surface area contributed by atoms with E-state index in [1.807, 2.05) is 6.07 Å². The number of ether oxygens (including phenoxy) is 1. The zero-order chi connectivity index (χ0) is 21.8. The molecule has 3 aliphatic rings. The number of nitrogens with one attached hydrogen (secondary N) is 1. The Balaban J connectivity index is 0.00000137. The van der Waals surface area contributed by atoms with Crippen molar-refractivity contribution >= 4 is 17.3 Å². The van der Waals surface area contributed by atoms with Gasteiger partial charge in [0.1, 0.15) is 18.0 Å². The smallest absolute Gasteiger partial charge is 0.246 e. The van der Waals surface area contributed by atoms with Gasteiger partial charge in [-0.1, -0.05) is 0 Å². The number of rotatable bonds is 5. The van der Waals surface area contributed by atoms with E-state index in [2.05, 4.69) is 44.3 Å². The molecule has 0 radical (unpaired) electrons. The number of likely N-dealkylation sites (tertiary alicyclic amines) is 1. The van der Waals surface area contributed by atoms with Gasteiger partial charge in [0.05, 0.1) is 24.9 Å². The third kappa shape index (κ3) is 3.51. The Morgan fingerprint density at radius 2 is 1.78 bits per heavy atom. The SMILES string of the molecule is Cc1cc(Nc2ncn(-c3cc(F)cc(F)c3)n2)cc(N2C[C@@H]3CC2CN3C2COC2)c1.[HH].[HH]. The predicted octanol–water partition coefficient (Wildman–Crippen LogP) is 3.75. The fraction of sp³-hybridized carbons (Fsp3) is 0.391. The molecule has 4 heterocycles. The largest absolute Gasteiger partial charge is 0.378 e. The average molecular weight is 443 g/mol. The Labute approximate surface area is 187 Å². The number of nitrogens with zero attached hydrogens (tertiary/aromatic N) is 5. The summed E-state index contributed by atoms with van der Waals surface area (Å²) in [7, 11) is 0. The Bertz CT molecular complexity index is 1150. The summed E-state index contributed by atoms with van der Waals surface area (Å²) in [6.07, 6.45) is 2.63. The number of aromatic nitrogens is 3. The first-order valence-electron chi connectivity index (χ1n) is 10.9. The van der Waals surface area contributed by atoms with Crippen molar-refractivity contribution < 1.29 is 16.4 Å². The van der Waals surface area contributed by atoms with Crippen LogP contribution in [-0.4, -0.2) is 64.1 Å². The lowest BCUT2D eigenvalue weighted by Crippen LogP contribution is -2.56. The van der Waals surface area contributed by atoms with Crippen molar-refractivity contribution in [3.63, 3.8) is 0 Å². The van der Waals surface area contributed by atoms with E-state index >= 15 is 0 Å². The fourth-order valence-corrected chi connectivity index (χ4v) is 5.12. The van der Waals surface area contributed by atoms with E-state index in [0.29, 0.717) is 24.1 Å². The van der Waals surface area contributed by atoms with Gasteiger partial charge in [-0.15, -0.1) is 5.10 Å². The van der Waals surface area contributed by atoms with Crippen molar-refractivity contribution in [1.82, 2.24) is 19.7 Å².